The van der Waals surface area contributed by atoms with Crippen LogP contribution in [-0.2, 0) is 22.7 Å². The van der Waals surface area contributed by atoms with Crippen LogP contribution in [0.25, 0.3) is 11.4 Å². The van der Waals surface area contributed by atoms with Crippen LogP contribution in [0.1, 0.15) is 83.6 Å². The topological polar surface area (TPSA) is 39.0 Å². The van der Waals surface area contributed by atoms with Crippen LogP contribution in [0, 0.1) is 11.6 Å². The number of cyclic esters (lactones) is 1. The number of halogens is 2. The zero-order valence-corrected chi connectivity index (χ0v) is 22.0. The van der Waals surface area contributed by atoms with Crippen molar-refractivity contribution >= 4 is 5.97 Å². The summed E-state index contributed by atoms with van der Waals surface area (Å²) in [5, 5.41) is 0. The number of carbonyl (C=O) groups is 1. The quantitative estimate of drug-likeness (QED) is 0.350. The van der Waals surface area contributed by atoms with E-state index in [0.717, 1.165) is 6.07 Å². The Labute approximate surface area is 207 Å². The standard InChI is InChI=1S/C24H25F2N3O2.2C2H6/c1-5-23(3)16-13-15(25)14-17(26)19(16)20-27(4)11-12-29(20)24(23,6-2)22-28-10-8-7-9-18(28)21(30)31-22;2*1-2/h7-14,22H,5-6H2,1-4H3;2*1-2H3/q+2;;/t22-,23?,24+;;/m1../s1. The molecule has 0 saturated carbocycles. The SMILES string of the molecule is CC.CC.CCC1(C)c2cc(F)cc(F)c2-c2n(cc[n+]2C)[C@@]1(CC)[C@H]1OC(=O)c2cccc[n+]21. The highest BCUT2D eigenvalue weighted by Crippen LogP contribution is 2.57. The molecule has 188 valence electrons. The number of hydrogen-bond donors (Lipinski definition) is 0. The number of aromatic nitrogens is 3. The van der Waals surface area contributed by atoms with E-state index in [4.69, 9.17) is 4.74 Å². The first-order chi connectivity index (χ1) is 16.8. The van der Waals surface area contributed by atoms with Gasteiger partial charge in [0.1, 0.15) is 29.6 Å². The van der Waals surface area contributed by atoms with E-state index in [1.165, 1.54) is 6.07 Å². The van der Waals surface area contributed by atoms with Gasteiger partial charge >= 0.3 is 12.2 Å². The monoisotopic (exact) mass is 485 g/mol. The molecule has 2 aromatic heterocycles. The van der Waals surface area contributed by atoms with Crippen LogP contribution < -0.4 is 9.13 Å². The maximum atomic E-state index is 15.2. The van der Waals surface area contributed by atoms with Gasteiger partial charge in [-0.3, -0.25) is 0 Å². The second-order valence-electron chi connectivity index (χ2n) is 8.63. The molecule has 0 fully saturated rings. The van der Waals surface area contributed by atoms with E-state index in [-0.39, 0.29) is 0 Å². The van der Waals surface area contributed by atoms with E-state index >= 15 is 4.39 Å². The maximum absolute atomic E-state index is 15.2. The average molecular weight is 486 g/mol. The zero-order chi connectivity index (χ0) is 26.1. The summed E-state index contributed by atoms with van der Waals surface area (Å²) < 4.78 is 41.5. The number of nitrogens with zero attached hydrogens (tertiary/aromatic N) is 3. The van der Waals surface area contributed by atoms with E-state index in [9.17, 15) is 9.18 Å². The molecule has 0 aliphatic carbocycles. The summed E-state index contributed by atoms with van der Waals surface area (Å²) in [6, 6.07) is 7.77. The van der Waals surface area contributed by atoms with Crippen molar-refractivity contribution in [2.75, 3.05) is 0 Å². The Morgan fingerprint density at radius 2 is 1.74 bits per heavy atom. The first-order valence-corrected chi connectivity index (χ1v) is 12.6. The van der Waals surface area contributed by atoms with Crippen LogP contribution >= 0.6 is 0 Å². The minimum Gasteiger partial charge on any atom is -0.390 e. The highest BCUT2D eigenvalue weighted by Gasteiger charge is 2.69. The summed E-state index contributed by atoms with van der Waals surface area (Å²) in [5.74, 6) is -0.973. The molecule has 2 aliphatic rings. The fourth-order valence-corrected chi connectivity index (χ4v) is 5.83. The van der Waals surface area contributed by atoms with Gasteiger partial charge < -0.3 is 4.74 Å². The number of imidazole rings is 1. The molecule has 5 nitrogen and oxygen atoms in total. The van der Waals surface area contributed by atoms with Crippen molar-refractivity contribution in [2.24, 2.45) is 7.05 Å². The lowest BCUT2D eigenvalue weighted by Crippen LogP contribution is -2.64. The average Bonchev–Trinajstić information content (AvgIpc) is 3.43. The van der Waals surface area contributed by atoms with E-state index < -0.39 is 34.8 Å². The lowest BCUT2D eigenvalue weighted by molar-refractivity contribution is -0.759. The first kappa shape index (κ1) is 26.5. The molecule has 1 aromatic carbocycles. The van der Waals surface area contributed by atoms with Crippen LogP contribution in [0.4, 0.5) is 8.78 Å². The molecular formula is C28H37F2N3O2+2. The third-order valence-electron chi connectivity index (χ3n) is 7.49. The predicted octanol–water partition coefficient (Wildman–Crippen LogP) is 5.75. The summed E-state index contributed by atoms with van der Waals surface area (Å²) in [4.78, 5) is 12.8. The number of esters is 1. The van der Waals surface area contributed by atoms with Gasteiger partial charge in [0.25, 0.3) is 11.5 Å². The van der Waals surface area contributed by atoms with Gasteiger partial charge in [-0.05, 0) is 30.5 Å². The Morgan fingerprint density at radius 1 is 1.06 bits per heavy atom. The molecule has 0 amide bonds. The first-order valence-electron chi connectivity index (χ1n) is 12.6. The molecule has 0 saturated heterocycles. The van der Waals surface area contributed by atoms with Gasteiger partial charge in [-0.15, -0.1) is 4.57 Å². The number of carbonyl (C=O) groups excluding carboxylic acids is 1. The van der Waals surface area contributed by atoms with Gasteiger partial charge in [0, 0.05) is 23.6 Å². The van der Waals surface area contributed by atoms with E-state index in [1.807, 2.05) is 93.9 Å². The minimum atomic E-state index is -0.807. The van der Waals surface area contributed by atoms with Crippen molar-refractivity contribution in [2.45, 2.75) is 78.5 Å². The Balaban J connectivity index is 0.000000815. The number of hydrogen-bond acceptors (Lipinski definition) is 2. The number of rotatable bonds is 3. The number of pyridine rings is 1. The number of ether oxygens (including phenoxy) is 1. The summed E-state index contributed by atoms with van der Waals surface area (Å²) in [5.41, 5.74) is -0.0809. The molecule has 1 unspecified atom stereocenters. The fourth-order valence-electron chi connectivity index (χ4n) is 5.83. The van der Waals surface area contributed by atoms with Crippen LogP contribution in [0.3, 0.4) is 0 Å². The molecule has 0 N–H and O–H groups in total. The second kappa shape index (κ2) is 9.88. The normalized spacial score (nSPS) is 23.6. The lowest BCUT2D eigenvalue weighted by Gasteiger charge is -2.48. The molecule has 3 aromatic rings. The van der Waals surface area contributed by atoms with Crippen LogP contribution in [0.5, 0.6) is 0 Å². The highest BCUT2D eigenvalue weighted by molar-refractivity contribution is 5.86. The fraction of sp³-hybridized carbons (Fsp3) is 0.464. The van der Waals surface area contributed by atoms with Crippen molar-refractivity contribution in [3.8, 4) is 11.4 Å². The Kier molecular flexibility index (Phi) is 7.48. The van der Waals surface area contributed by atoms with Gasteiger partial charge in [-0.2, -0.15) is 0 Å². The number of aryl methyl sites for hydroxylation is 1. The summed E-state index contributed by atoms with van der Waals surface area (Å²) in [6.45, 7) is 14.1. The molecule has 0 spiro atoms. The molecule has 0 radical (unpaired) electrons. The molecule has 0 bridgehead atoms. The second-order valence-corrected chi connectivity index (χ2v) is 8.63. The summed E-state index contributed by atoms with van der Waals surface area (Å²) in [7, 11) is 1.84. The van der Waals surface area contributed by atoms with Gasteiger partial charge in [-0.25, -0.2) is 22.7 Å². The number of fused-ring (bicyclic) bond motifs is 4. The van der Waals surface area contributed by atoms with Crippen molar-refractivity contribution < 1.29 is 27.4 Å². The highest BCUT2D eigenvalue weighted by atomic mass is 19.1. The lowest BCUT2D eigenvalue weighted by atomic mass is 9.59. The molecule has 2 aliphatic heterocycles. The molecular weight excluding hydrogens is 448 g/mol. The largest absolute Gasteiger partial charge is 0.408 e. The van der Waals surface area contributed by atoms with E-state index in [1.54, 1.807) is 12.1 Å². The van der Waals surface area contributed by atoms with Gasteiger partial charge in [0.2, 0.25) is 5.54 Å². The number of benzene rings is 1. The van der Waals surface area contributed by atoms with Crippen LogP contribution in [0.2, 0.25) is 0 Å². The third kappa shape index (κ3) is 3.50. The molecule has 3 atom stereocenters. The van der Waals surface area contributed by atoms with Crippen molar-refractivity contribution in [3.05, 3.63) is 71.8 Å². The third-order valence-corrected chi connectivity index (χ3v) is 7.49. The molecule has 35 heavy (non-hydrogen) atoms. The zero-order valence-electron chi connectivity index (χ0n) is 22.0. The van der Waals surface area contributed by atoms with Crippen molar-refractivity contribution in [1.29, 1.82) is 0 Å². The van der Waals surface area contributed by atoms with Gasteiger partial charge in [0.15, 0.2) is 6.20 Å². The summed E-state index contributed by atoms with van der Waals surface area (Å²) in [6.07, 6.45) is 6.11. The van der Waals surface area contributed by atoms with E-state index in [0.29, 0.717) is 35.5 Å². The molecule has 5 rings (SSSR count). The van der Waals surface area contributed by atoms with Crippen molar-refractivity contribution in [3.63, 3.8) is 0 Å². The van der Waals surface area contributed by atoms with Gasteiger partial charge in [0.05, 0.1) is 7.05 Å². The Hall–Kier alpha value is -3.09. The van der Waals surface area contributed by atoms with Crippen LogP contribution in [-0.4, -0.2) is 10.5 Å². The minimum absolute atomic E-state index is 0.393. The Morgan fingerprint density at radius 3 is 2.37 bits per heavy atom. The van der Waals surface area contributed by atoms with Gasteiger partial charge in [-0.1, -0.05) is 48.5 Å². The van der Waals surface area contributed by atoms with Crippen LogP contribution in [0.15, 0.2) is 48.9 Å². The molecule has 4 heterocycles. The van der Waals surface area contributed by atoms with E-state index in [2.05, 4.69) is 0 Å². The maximum Gasteiger partial charge on any atom is 0.408 e. The molecule has 7 heteroatoms. The predicted molar refractivity (Wildman–Crippen MR) is 131 cm³/mol. The summed E-state index contributed by atoms with van der Waals surface area (Å²) >= 11 is 0. The smallest absolute Gasteiger partial charge is 0.390 e. The Bertz CT molecular complexity index is 1240. The van der Waals surface area contributed by atoms with Crippen molar-refractivity contribution in [1.82, 2.24) is 4.57 Å².